The zero-order valence-electron chi connectivity index (χ0n) is 17.6. The van der Waals surface area contributed by atoms with Crippen LogP contribution >= 0.6 is 11.8 Å². The summed E-state index contributed by atoms with van der Waals surface area (Å²) in [5.41, 5.74) is 0. The Labute approximate surface area is 172 Å². The van der Waals surface area contributed by atoms with Gasteiger partial charge in [0.05, 0.1) is 11.5 Å². The Morgan fingerprint density at radius 1 is 1.14 bits per heavy atom. The van der Waals surface area contributed by atoms with Crippen molar-refractivity contribution >= 4 is 17.7 Å². The number of nitrogens with zero attached hydrogens (tertiary/aromatic N) is 4. The molecule has 28 heavy (non-hydrogen) atoms. The number of rotatable bonds is 7. The molecule has 1 saturated carbocycles. The average molecular weight is 405 g/mol. The van der Waals surface area contributed by atoms with Gasteiger partial charge in [0.25, 0.3) is 0 Å². The molecule has 0 N–H and O–H groups in total. The first kappa shape index (κ1) is 21.0. The summed E-state index contributed by atoms with van der Waals surface area (Å²) in [7, 11) is 0. The molecule has 3 rings (SSSR count). The summed E-state index contributed by atoms with van der Waals surface area (Å²) in [4.78, 5) is 15.0. The van der Waals surface area contributed by atoms with Gasteiger partial charge in [-0.25, -0.2) is 0 Å². The van der Waals surface area contributed by atoms with E-state index < -0.39 is 0 Å². The average Bonchev–Trinajstić information content (AvgIpc) is 3.31. The molecule has 1 amide bonds. The van der Waals surface area contributed by atoms with Gasteiger partial charge in [0.1, 0.15) is 0 Å². The molecule has 2 aromatic heterocycles. The first-order chi connectivity index (χ1) is 13.4. The van der Waals surface area contributed by atoms with Gasteiger partial charge in [0, 0.05) is 18.1 Å². The van der Waals surface area contributed by atoms with E-state index in [1.54, 1.807) is 6.26 Å². The minimum absolute atomic E-state index is 0.146. The number of thioether (sulfide) groups is 1. The van der Waals surface area contributed by atoms with E-state index in [4.69, 9.17) is 4.42 Å². The number of carbonyl (C=O) groups is 1. The van der Waals surface area contributed by atoms with Gasteiger partial charge in [0.15, 0.2) is 10.9 Å². The molecule has 0 bridgehead atoms. The molecule has 154 valence electrons. The van der Waals surface area contributed by atoms with Gasteiger partial charge in [0.2, 0.25) is 11.7 Å². The van der Waals surface area contributed by atoms with Crippen LogP contribution in [-0.2, 0) is 4.79 Å². The maximum atomic E-state index is 13.1. The number of aromatic nitrogens is 3. The molecule has 1 unspecified atom stereocenters. The number of carbonyl (C=O) groups excluding carboxylic acids is 1. The minimum Gasteiger partial charge on any atom is -0.461 e. The lowest BCUT2D eigenvalue weighted by Gasteiger charge is -2.33. The molecule has 0 saturated heterocycles. The molecule has 1 aliphatic carbocycles. The van der Waals surface area contributed by atoms with E-state index in [9.17, 15) is 4.79 Å². The smallest absolute Gasteiger partial charge is 0.236 e. The maximum Gasteiger partial charge on any atom is 0.236 e. The largest absolute Gasteiger partial charge is 0.461 e. The first-order valence-corrected chi connectivity index (χ1v) is 11.3. The van der Waals surface area contributed by atoms with Crippen LogP contribution in [0, 0.1) is 0 Å². The van der Waals surface area contributed by atoms with Crippen molar-refractivity contribution in [2.75, 3.05) is 0 Å². The second-order valence-corrected chi connectivity index (χ2v) is 9.45. The molecule has 0 aliphatic heterocycles. The van der Waals surface area contributed by atoms with Crippen molar-refractivity contribution in [1.82, 2.24) is 19.7 Å². The molecular formula is C21H32N4O2S. The zero-order chi connectivity index (χ0) is 20.3. The van der Waals surface area contributed by atoms with Crippen LogP contribution in [0.1, 0.15) is 72.8 Å². The van der Waals surface area contributed by atoms with Crippen LogP contribution in [0.25, 0.3) is 11.6 Å². The fraction of sp³-hybridized carbons (Fsp3) is 0.667. The van der Waals surface area contributed by atoms with Gasteiger partial charge in [-0.15, -0.1) is 10.2 Å². The minimum atomic E-state index is -0.221. The maximum absolute atomic E-state index is 13.1. The lowest BCUT2D eigenvalue weighted by Crippen LogP contribution is -2.45. The highest BCUT2D eigenvalue weighted by Crippen LogP contribution is 2.37. The molecule has 7 heteroatoms. The summed E-state index contributed by atoms with van der Waals surface area (Å²) >= 11 is 1.51. The number of amides is 1. The van der Waals surface area contributed by atoms with Crippen LogP contribution in [0.3, 0.4) is 0 Å². The van der Waals surface area contributed by atoms with E-state index in [0.29, 0.717) is 6.04 Å². The van der Waals surface area contributed by atoms with E-state index >= 15 is 0 Å². The number of hydrogen-bond acceptors (Lipinski definition) is 5. The fourth-order valence-corrected chi connectivity index (χ4v) is 5.10. The van der Waals surface area contributed by atoms with Crippen LogP contribution in [0.4, 0.5) is 0 Å². The van der Waals surface area contributed by atoms with Crippen molar-refractivity contribution in [2.45, 2.75) is 95.3 Å². The molecule has 0 aromatic carbocycles. The lowest BCUT2D eigenvalue weighted by molar-refractivity contribution is -0.133. The highest BCUT2D eigenvalue weighted by Gasteiger charge is 2.30. The van der Waals surface area contributed by atoms with Crippen LogP contribution < -0.4 is 0 Å². The zero-order valence-corrected chi connectivity index (χ0v) is 18.4. The summed E-state index contributed by atoms with van der Waals surface area (Å²) in [6, 6.07) is 4.50. The van der Waals surface area contributed by atoms with Gasteiger partial charge in [-0.3, -0.25) is 9.36 Å². The Morgan fingerprint density at radius 2 is 1.82 bits per heavy atom. The molecule has 1 atom stereocenters. The second-order valence-electron chi connectivity index (χ2n) is 8.14. The summed E-state index contributed by atoms with van der Waals surface area (Å²) in [5.74, 6) is 1.64. The van der Waals surface area contributed by atoms with Crippen LogP contribution in [0.15, 0.2) is 28.0 Å². The van der Waals surface area contributed by atoms with Crippen LogP contribution in [0.2, 0.25) is 0 Å². The van der Waals surface area contributed by atoms with E-state index in [0.717, 1.165) is 29.6 Å². The molecule has 1 aliphatic rings. The summed E-state index contributed by atoms with van der Waals surface area (Å²) in [6.45, 7) is 10.2. The Bertz CT molecular complexity index is 755. The normalized spacial score (nSPS) is 16.7. The Balaban J connectivity index is 1.88. The number of hydrogen-bond donors (Lipinski definition) is 0. The lowest BCUT2D eigenvalue weighted by atomic mass is 9.95. The van der Waals surface area contributed by atoms with E-state index in [1.165, 1.54) is 31.0 Å². The van der Waals surface area contributed by atoms with Crippen molar-refractivity contribution in [1.29, 1.82) is 0 Å². The molecular weight excluding hydrogens is 372 g/mol. The highest BCUT2D eigenvalue weighted by molar-refractivity contribution is 8.00. The molecule has 6 nitrogen and oxygen atoms in total. The summed E-state index contributed by atoms with van der Waals surface area (Å²) in [6.07, 6.45) is 7.61. The topological polar surface area (TPSA) is 64.2 Å². The molecule has 1 fully saturated rings. The molecule has 0 spiro atoms. The first-order valence-electron chi connectivity index (χ1n) is 10.4. The van der Waals surface area contributed by atoms with Crippen molar-refractivity contribution in [3.8, 4) is 11.6 Å². The van der Waals surface area contributed by atoms with Crippen molar-refractivity contribution < 1.29 is 9.21 Å². The Morgan fingerprint density at radius 3 is 2.39 bits per heavy atom. The molecule has 2 aromatic rings. The third kappa shape index (κ3) is 4.45. The number of furan rings is 1. The molecule has 2 heterocycles. The monoisotopic (exact) mass is 404 g/mol. The summed E-state index contributed by atoms with van der Waals surface area (Å²) in [5, 5.41) is 9.49. The SMILES string of the molecule is CC(Sc1nnc(-c2ccco2)n1C1CCCCC1)C(=O)N(C(C)C)C(C)C. The molecule has 0 radical (unpaired) electrons. The van der Waals surface area contributed by atoms with Gasteiger partial charge >= 0.3 is 0 Å². The van der Waals surface area contributed by atoms with Gasteiger partial charge in [-0.05, 0) is 59.6 Å². The Hall–Kier alpha value is -1.76. The third-order valence-corrected chi connectivity index (χ3v) is 6.39. The van der Waals surface area contributed by atoms with Crippen LogP contribution in [-0.4, -0.2) is 42.9 Å². The highest BCUT2D eigenvalue weighted by atomic mass is 32.2. The van der Waals surface area contributed by atoms with E-state index in [2.05, 4.69) is 42.5 Å². The van der Waals surface area contributed by atoms with Gasteiger partial charge in [-0.2, -0.15) is 0 Å². The van der Waals surface area contributed by atoms with Crippen molar-refractivity contribution in [2.24, 2.45) is 0 Å². The third-order valence-electron chi connectivity index (χ3n) is 5.34. The predicted octanol–water partition coefficient (Wildman–Crippen LogP) is 5.17. The second kappa shape index (κ2) is 9.16. The van der Waals surface area contributed by atoms with Gasteiger partial charge in [-0.1, -0.05) is 31.0 Å². The van der Waals surface area contributed by atoms with E-state index in [1.807, 2.05) is 24.0 Å². The quantitative estimate of drug-likeness (QED) is 0.596. The standard InChI is InChI=1S/C21H32N4O2S/c1-14(2)24(15(3)4)20(26)16(5)28-21-23-22-19(18-12-9-13-27-18)25(21)17-10-7-6-8-11-17/h9,12-17H,6-8,10-11H2,1-5H3. The van der Waals surface area contributed by atoms with Crippen molar-refractivity contribution in [3.63, 3.8) is 0 Å². The predicted molar refractivity (Wildman–Crippen MR) is 112 cm³/mol. The van der Waals surface area contributed by atoms with Crippen molar-refractivity contribution in [3.05, 3.63) is 18.4 Å². The van der Waals surface area contributed by atoms with E-state index in [-0.39, 0.29) is 23.2 Å². The fourth-order valence-electron chi connectivity index (χ4n) is 4.12. The summed E-state index contributed by atoms with van der Waals surface area (Å²) < 4.78 is 7.82. The van der Waals surface area contributed by atoms with Gasteiger partial charge < -0.3 is 9.32 Å². The Kier molecular flexibility index (Phi) is 6.86. The van der Waals surface area contributed by atoms with Crippen LogP contribution in [0.5, 0.6) is 0 Å².